The van der Waals surface area contributed by atoms with Crippen molar-refractivity contribution in [2.75, 3.05) is 26.2 Å². The fourth-order valence-electron chi connectivity index (χ4n) is 2.77. The molecule has 1 aliphatic heterocycles. The molecule has 3 heteroatoms. The van der Waals surface area contributed by atoms with E-state index in [4.69, 9.17) is 5.73 Å². The van der Waals surface area contributed by atoms with E-state index in [0.29, 0.717) is 6.04 Å². The largest absolute Gasteiger partial charge is 0.328 e. The number of nitrogens with zero attached hydrogens (tertiary/aromatic N) is 1. The summed E-state index contributed by atoms with van der Waals surface area (Å²) in [5.74, 6) is 0.986. The number of nitrogens with one attached hydrogen (secondary N) is 1. The van der Waals surface area contributed by atoms with Crippen LogP contribution in [0.3, 0.4) is 0 Å². The van der Waals surface area contributed by atoms with Gasteiger partial charge in [0.1, 0.15) is 0 Å². The maximum absolute atomic E-state index is 5.89. The molecule has 3 nitrogen and oxygen atoms in total. The Morgan fingerprint density at radius 3 is 2.75 bits per heavy atom. The van der Waals surface area contributed by atoms with E-state index in [2.05, 4.69) is 17.1 Å². The highest BCUT2D eigenvalue weighted by Gasteiger charge is 2.35. The van der Waals surface area contributed by atoms with E-state index in [9.17, 15) is 0 Å². The summed E-state index contributed by atoms with van der Waals surface area (Å²) in [6.07, 6.45) is 6.53. The number of likely N-dealkylation sites (tertiary alicyclic amines) is 1. The first-order valence-corrected chi connectivity index (χ1v) is 7.01. The number of nitrogens with two attached hydrogens (primary N) is 1. The van der Waals surface area contributed by atoms with Crippen molar-refractivity contribution in [3.8, 4) is 0 Å². The van der Waals surface area contributed by atoms with Crippen molar-refractivity contribution < 1.29 is 0 Å². The van der Waals surface area contributed by atoms with Gasteiger partial charge in [-0.05, 0) is 44.7 Å². The highest BCUT2D eigenvalue weighted by molar-refractivity contribution is 4.92. The van der Waals surface area contributed by atoms with Crippen LogP contribution in [-0.4, -0.2) is 43.2 Å². The first-order chi connectivity index (χ1) is 7.79. The van der Waals surface area contributed by atoms with Crippen LogP contribution in [0.5, 0.6) is 0 Å². The Morgan fingerprint density at radius 1 is 1.31 bits per heavy atom. The molecule has 3 N–H and O–H groups in total. The summed E-state index contributed by atoms with van der Waals surface area (Å²) >= 11 is 0. The number of piperidine rings is 1. The van der Waals surface area contributed by atoms with Gasteiger partial charge in [0.2, 0.25) is 0 Å². The van der Waals surface area contributed by atoms with E-state index in [1.165, 1.54) is 58.3 Å². The van der Waals surface area contributed by atoms with Crippen LogP contribution in [0.1, 0.15) is 39.0 Å². The van der Waals surface area contributed by atoms with Crippen LogP contribution in [0, 0.1) is 5.92 Å². The molecule has 0 aromatic heterocycles. The third kappa shape index (κ3) is 3.72. The number of hydrogen-bond donors (Lipinski definition) is 2. The molecule has 1 saturated heterocycles. The quantitative estimate of drug-likeness (QED) is 0.713. The molecule has 1 heterocycles. The molecule has 16 heavy (non-hydrogen) atoms. The van der Waals surface area contributed by atoms with Gasteiger partial charge < -0.3 is 16.0 Å². The Labute approximate surface area is 99.8 Å². The monoisotopic (exact) mass is 225 g/mol. The Balaban J connectivity index is 1.49. The lowest BCUT2D eigenvalue weighted by Gasteiger charge is -2.30. The summed E-state index contributed by atoms with van der Waals surface area (Å²) in [5, 5.41) is 3.68. The van der Waals surface area contributed by atoms with Gasteiger partial charge in [0, 0.05) is 25.2 Å². The second kappa shape index (κ2) is 5.99. The van der Waals surface area contributed by atoms with Crippen LogP contribution in [0.2, 0.25) is 0 Å². The van der Waals surface area contributed by atoms with E-state index in [1.807, 2.05) is 0 Å². The van der Waals surface area contributed by atoms with Crippen LogP contribution in [0.15, 0.2) is 0 Å². The first kappa shape index (κ1) is 12.3. The highest BCUT2D eigenvalue weighted by Crippen LogP contribution is 2.34. The first-order valence-electron chi connectivity index (χ1n) is 7.01. The van der Waals surface area contributed by atoms with Gasteiger partial charge in [-0.1, -0.05) is 13.3 Å². The number of hydrogen-bond acceptors (Lipinski definition) is 3. The van der Waals surface area contributed by atoms with Crippen LogP contribution < -0.4 is 11.1 Å². The molecule has 0 radical (unpaired) electrons. The zero-order valence-electron chi connectivity index (χ0n) is 10.6. The molecule has 2 aliphatic rings. The summed E-state index contributed by atoms with van der Waals surface area (Å²) < 4.78 is 0. The van der Waals surface area contributed by atoms with E-state index in [0.717, 1.165) is 12.0 Å². The number of rotatable bonds is 6. The Kier molecular flexibility index (Phi) is 4.62. The van der Waals surface area contributed by atoms with E-state index < -0.39 is 0 Å². The van der Waals surface area contributed by atoms with Gasteiger partial charge >= 0.3 is 0 Å². The van der Waals surface area contributed by atoms with E-state index in [-0.39, 0.29) is 0 Å². The SMILES string of the molecule is CCCC1CC1NCCN1CCC(N)CC1. The second-order valence-corrected chi connectivity index (χ2v) is 5.52. The minimum Gasteiger partial charge on any atom is -0.328 e. The molecule has 0 aromatic carbocycles. The van der Waals surface area contributed by atoms with E-state index in [1.54, 1.807) is 0 Å². The topological polar surface area (TPSA) is 41.3 Å². The van der Waals surface area contributed by atoms with Crippen LogP contribution in [0.4, 0.5) is 0 Å². The van der Waals surface area contributed by atoms with Crippen molar-refractivity contribution in [3.05, 3.63) is 0 Å². The lowest BCUT2D eigenvalue weighted by Crippen LogP contribution is -2.42. The standard InChI is InChI=1S/C13H27N3/c1-2-3-11-10-13(11)15-6-9-16-7-4-12(14)5-8-16/h11-13,15H,2-10,14H2,1H3. The molecule has 1 aliphatic carbocycles. The second-order valence-electron chi connectivity index (χ2n) is 5.52. The fraction of sp³-hybridized carbons (Fsp3) is 1.00. The minimum atomic E-state index is 0.460. The van der Waals surface area contributed by atoms with Crippen molar-refractivity contribution in [1.29, 1.82) is 0 Å². The smallest absolute Gasteiger partial charge is 0.0107 e. The summed E-state index contributed by atoms with van der Waals surface area (Å²) in [7, 11) is 0. The van der Waals surface area contributed by atoms with Crippen LogP contribution in [-0.2, 0) is 0 Å². The van der Waals surface area contributed by atoms with Crippen molar-refractivity contribution in [2.45, 2.75) is 51.1 Å². The molecule has 1 saturated carbocycles. The van der Waals surface area contributed by atoms with Crippen molar-refractivity contribution in [3.63, 3.8) is 0 Å². The molecule has 0 amide bonds. The lowest BCUT2D eigenvalue weighted by atomic mass is 10.1. The molecule has 0 bridgehead atoms. The highest BCUT2D eigenvalue weighted by atomic mass is 15.2. The van der Waals surface area contributed by atoms with Gasteiger partial charge in [0.25, 0.3) is 0 Å². The Bertz CT molecular complexity index is 199. The zero-order chi connectivity index (χ0) is 11.4. The van der Waals surface area contributed by atoms with Crippen molar-refractivity contribution >= 4 is 0 Å². The maximum atomic E-state index is 5.89. The molecule has 0 aromatic rings. The third-order valence-corrected chi connectivity index (χ3v) is 4.05. The molecule has 2 fully saturated rings. The summed E-state index contributed by atoms with van der Waals surface area (Å²) in [5.41, 5.74) is 5.89. The van der Waals surface area contributed by atoms with Gasteiger partial charge in [0.15, 0.2) is 0 Å². The fourth-order valence-corrected chi connectivity index (χ4v) is 2.77. The van der Waals surface area contributed by atoms with Crippen molar-refractivity contribution in [2.24, 2.45) is 11.7 Å². The normalized spacial score (nSPS) is 31.9. The Morgan fingerprint density at radius 2 is 2.06 bits per heavy atom. The molecule has 2 unspecified atom stereocenters. The lowest BCUT2D eigenvalue weighted by molar-refractivity contribution is 0.213. The van der Waals surface area contributed by atoms with Crippen LogP contribution >= 0.6 is 0 Å². The summed E-state index contributed by atoms with van der Waals surface area (Å²) in [6.45, 7) is 7.06. The average molecular weight is 225 g/mol. The van der Waals surface area contributed by atoms with Gasteiger partial charge in [0.05, 0.1) is 0 Å². The molecule has 2 atom stereocenters. The molecule has 94 valence electrons. The van der Waals surface area contributed by atoms with Gasteiger partial charge in [-0.15, -0.1) is 0 Å². The zero-order valence-corrected chi connectivity index (χ0v) is 10.6. The Hall–Kier alpha value is -0.120. The molecule has 0 spiro atoms. The maximum Gasteiger partial charge on any atom is 0.0107 e. The average Bonchev–Trinajstić information content (AvgIpc) is 3.00. The van der Waals surface area contributed by atoms with Gasteiger partial charge in [-0.2, -0.15) is 0 Å². The molecular weight excluding hydrogens is 198 g/mol. The molecule has 2 rings (SSSR count). The molecular formula is C13H27N3. The van der Waals surface area contributed by atoms with Crippen molar-refractivity contribution in [1.82, 2.24) is 10.2 Å². The van der Waals surface area contributed by atoms with E-state index >= 15 is 0 Å². The summed E-state index contributed by atoms with van der Waals surface area (Å²) in [4.78, 5) is 2.55. The third-order valence-electron chi connectivity index (χ3n) is 4.05. The summed E-state index contributed by atoms with van der Waals surface area (Å²) in [6, 6.07) is 1.30. The van der Waals surface area contributed by atoms with Crippen LogP contribution in [0.25, 0.3) is 0 Å². The predicted molar refractivity (Wildman–Crippen MR) is 68.5 cm³/mol. The van der Waals surface area contributed by atoms with Gasteiger partial charge in [-0.25, -0.2) is 0 Å². The van der Waals surface area contributed by atoms with Gasteiger partial charge in [-0.3, -0.25) is 0 Å². The predicted octanol–water partition coefficient (Wildman–Crippen LogP) is 1.19. The minimum absolute atomic E-state index is 0.460.